The van der Waals surface area contributed by atoms with Crippen molar-refractivity contribution in [3.05, 3.63) is 45.4 Å². The Hall–Kier alpha value is -2.21. The number of carbonyl (C=O) groups is 2. The molecule has 2 aromatic rings. The van der Waals surface area contributed by atoms with Crippen molar-refractivity contribution in [3.8, 4) is 0 Å². The van der Waals surface area contributed by atoms with Gasteiger partial charge in [0.1, 0.15) is 6.54 Å². The van der Waals surface area contributed by atoms with Gasteiger partial charge >= 0.3 is 0 Å². The molecule has 2 amide bonds. The van der Waals surface area contributed by atoms with E-state index < -0.39 is 0 Å². The summed E-state index contributed by atoms with van der Waals surface area (Å²) < 4.78 is 0. The Morgan fingerprint density at radius 2 is 2.04 bits per heavy atom. The zero-order chi connectivity index (χ0) is 18.1. The SMILES string of the molecule is Cc1nc([C@H](C)N(C)C(=O)CN2C(=O)CCc3ccccc32)c(C)s1. The molecule has 0 saturated carbocycles. The van der Waals surface area contributed by atoms with Gasteiger partial charge in [-0.2, -0.15) is 0 Å². The molecule has 25 heavy (non-hydrogen) atoms. The first-order chi connectivity index (χ1) is 11.9. The topological polar surface area (TPSA) is 53.5 Å². The average molecular weight is 357 g/mol. The number of aromatic nitrogens is 1. The molecule has 1 aliphatic heterocycles. The number of anilines is 1. The van der Waals surface area contributed by atoms with Crippen LogP contribution in [0.15, 0.2) is 24.3 Å². The van der Waals surface area contributed by atoms with Gasteiger partial charge in [-0.25, -0.2) is 4.98 Å². The van der Waals surface area contributed by atoms with E-state index >= 15 is 0 Å². The average Bonchev–Trinajstić information content (AvgIpc) is 2.94. The molecule has 0 radical (unpaired) electrons. The lowest BCUT2D eigenvalue weighted by Gasteiger charge is -2.32. The zero-order valence-electron chi connectivity index (χ0n) is 15.1. The number of aryl methyl sites for hydroxylation is 3. The molecular formula is C19H23N3O2S. The number of rotatable bonds is 4. The van der Waals surface area contributed by atoms with E-state index in [9.17, 15) is 9.59 Å². The molecule has 6 heteroatoms. The van der Waals surface area contributed by atoms with Crippen LogP contribution in [0.2, 0.25) is 0 Å². The molecule has 0 N–H and O–H groups in total. The normalized spacial score (nSPS) is 15.0. The molecule has 1 aliphatic rings. The minimum Gasteiger partial charge on any atom is -0.336 e. The van der Waals surface area contributed by atoms with Gasteiger partial charge in [-0.15, -0.1) is 11.3 Å². The van der Waals surface area contributed by atoms with E-state index in [0.717, 1.165) is 33.3 Å². The van der Waals surface area contributed by atoms with Crippen molar-refractivity contribution >= 4 is 28.8 Å². The van der Waals surface area contributed by atoms with Crippen LogP contribution in [0.4, 0.5) is 5.69 Å². The van der Waals surface area contributed by atoms with Crippen LogP contribution in [0.25, 0.3) is 0 Å². The minimum absolute atomic E-state index is 0.00814. The van der Waals surface area contributed by atoms with E-state index in [2.05, 4.69) is 4.98 Å². The van der Waals surface area contributed by atoms with Crippen molar-refractivity contribution in [2.45, 2.75) is 39.7 Å². The highest BCUT2D eigenvalue weighted by Crippen LogP contribution is 2.29. The van der Waals surface area contributed by atoms with Crippen molar-refractivity contribution in [1.82, 2.24) is 9.88 Å². The molecule has 132 valence electrons. The molecule has 1 aromatic carbocycles. The van der Waals surface area contributed by atoms with E-state index in [0.29, 0.717) is 6.42 Å². The number of nitrogens with zero attached hydrogens (tertiary/aromatic N) is 3. The Balaban J connectivity index is 1.77. The maximum absolute atomic E-state index is 12.8. The lowest BCUT2D eigenvalue weighted by molar-refractivity contribution is -0.132. The maximum Gasteiger partial charge on any atom is 0.242 e. The van der Waals surface area contributed by atoms with Crippen LogP contribution >= 0.6 is 11.3 Å². The smallest absolute Gasteiger partial charge is 0.242 e. The van der Waals surface area contributed by atoms with E-state index in [4.69, 9.17) is 0 Å². The van der Waals surface area contributed by atoms with Gasteiger partial charge in [0.15, 0.2) is 0 Å². The molecule has 0 spiro atoms. The number of benzene rings is 1. The molecular weight excluding hydrogens is 334 g/mol. The van der Waals surface area contributed by atoms with Crippen molar-refractivity contribution in [3.63, 3.8) is 0 Å². The molecule has 0 bridgehead atoms. The number of hydrogen-bond donors (Lipinski definition) is 0. The van der Waals surface area contributed by atoms with Crippen LogP contribution in [0, 0.1) is 13.8 Å². The largest absolute Gasteiger partial charge is 0.336 e. The minimum atomic E-state index is -0.118. The fourth-order valence-electron chi connectivity index (χ4n) is 3.25. The number of hydrogen-bond acceptors (Lipinski definition) is 4. The van der Waals surface area contributed by atoms with Crippen LogP contribution in [0.5, 0.6) is 0 Å². The van der Waals surface area contributed by atoms with Crippen LogP contribution in [0.1, 0.15) is 40.5 Å². The Morgan fingerprint density at radius 3 is 2.72 bits per heavy atom. The summed E-state index contributed by atoms with van der Waals surface area (Å²) in [6.07, 6.45) is 1.19. The Labute approximate surface area is 152 Å². The molecule has 5 nitrogen and oxygen atoms in total. The number of para-hydroxylation sites is 1. The first-order valence-electron chi connectivity index (χ1n) is 8.46. The van der Waals surface area contributed by atoms with E-state index in [-0.39, 0.29) is 24.4 Å². The molecule has 1 atom stereocenters. The fraction of sp³-hybridized carbons (Fsp3) is 0.421. The van der Waals surface area contributed by atoms with Crippen molar-refractivity contribution < 1.29 is 9.59 Å². The van der Waals surface area contributed by atoms with Crippen LogP contribution in [-0.2, 0) is 16.0 Å². The number of amides is 2. The second-order valence-electron chi connectivity index (χ2n) is 6.46. The summed E-state index contributed by atoms with van der Waals surface area (Å²) in [6.45, 7) is 6.04. The quantitative estimate of drug-likeness (QED) is 0.844. The van der Waals surface area contributed by atoms with Gasteiger partial charge < -0.3 is 9.80 Å². The summed E-state index contributed by atoms with van der Waals surface area (Å²) in [7, 11) is 1.78. The first kappa shape index (κ1) is 17.6. The molecule has 0 fully saturated rings. The predicted octanol–water partition coefficient (Wildman–Crippen LogP) is 3.26. The molecule has 2 heterocycles. The second-order valence-corrected chi connectivity index (χ2v) is 7.87. The van der Waals surface area contributed by atoms with Crippen molar-refractivity contribution in [2.75, 3.05) is 18.5 Å². The highest BCUT2D eigenvalue weighted by Gasteiger charge is 2.29. The van der Waals surface area contributed by atoms with Crippen molar-refractivity contribution in [2.24, 2.45) is 0 Å². The summed E-state index contributed by atoms with van der Waals surface area (Å²) in [4.78, 5) is 34.1. The van der Waals surface area contributed by atoms with Gasteiger partial charge in [0.25, 0.3) is 0 Å². The Morgan fingerprint density at radius 1 is 1.32 bits per heavy atom. The Kier molecular flexibility index (Phi) is 4.90. The van der Waals surface area contributed by atoms with Gasteiger partial charge in [0, 0.05) is 24.0 Å². The lowest BCUT2D eigenvalue weighted by Crippen LogP contribution is -2.44. The third-order valence-corrected chi connectivity index (χ3v) is 5.70. The first-order valence-corrected chi connectivity index (χ1v) is 9.28. The van der Waals surface area contributed by atoms with E-state index in [1.807, 2.05) is 45.0 Å². The van der Waals surface area contributed by atoms with Gasteiger partial charge in [-0.1, -0.05) is 18.2 Å². The highest BCUT2D eigenvalue weighted by atomic mass is 32.1. The van der Waals surface area contributed by atoms with Gasteiger partial charge in [-0.3, -0.25) is 9.59 Å². The van der Waals surface area contributed by atoms with Crippen molar-refractivity contribution in [1.29, 1.82) is 0 Å². The zero-order valence-corrected chi connectivity index (χ0v) is 15.9. The third kappa shape index (κ3) is 3.44. The fourth-order valence-corrected chi connectivity index (χ4v) is 4.16. The standard InChI is InChI=1S/C19H23N3O2S/c1-12(19-13(2)25-14(3)20-19)21(4)18(24)11-22-16-8-6-5-7-15(16)9-10-17(22)23/h5-8,12H,9-11H2,1-4H3/t12-/m0/s1. The van der Waals surface area contributed by atoms with Crippen LogP contribution < -0.4 is 4.90 Å². The second kappa shape index (κ2) is 6.96. The van der Waals surface area contributed by atoms with E-state index in [1.165, 1.54) is 0 Å². The summed E-state index contributed by atoms with van der Waals surface area (Å²) in [5.41, 5.74) is 2.91. The monoisotopic (exact) mass is 357 g/mol. The van der Waals surface area contributed by atoms with Gasteiger partial charge in [-0.05, 0) is 38.8 Å². The number of thiazole rings is 1. The molecule has 0 unspecified atom stereocenters. The maximum atomic E-state index is 12.8. The number of likely N-dealkylation sites (N-methyl/N-ethyl adjacent to an activating group) is 1. The van der Waals surface area contributed by atoms with Crippen LogP contribution in [-0.4, -0.2) is 35.3 Å². The van der Waals surface area contributed by atoms with Crippen LogP contribution in [0.3, 0.4) is 0 Å². The molecule has 1 aromatic heterocycles. The Bertz CT molecular complexity index is 815. The third-order valence-electron chi connectivity index (χ3n) is 4.79. The van der Waals surface area contributed by atoms with Gasteiger partial charge in [0.05, 0.1) is 16.7 Å². The van der Waals surface area contributed by atoms with E-state index in [1.54, 1.807) is 28.2 Å². The molecule has 0 saturated heterocycles. The molecule has 3 rings (SSSR count). The number of carbonyl (C=O) groups excluding carboxylic acids is 2. The molecule has 0 aliphatic carbocycles. The lowest BCUT2D eigenvalue weighted by atomic mass is 10.0. The van der Waals surface area contributed by atoms with Gasteiger partial charge in [0.2, 0.25) is 11.8 Å². The highest BCUT2D eigenvalue weighted by molar-refractivity contribution is 7.11. The summed E-state index contributed by atoms with van der Waals surface area (Å²) in [5.74, 6) is -0.0728. The summed E-state index contributed by atoms with van der Waals surface area (Å²) in [6, 6.07) is 7.69. The summed E-state index contributed by atoms with van der Waals surface area (Å²) >= 11 is 1.64. The predicted molar refractivity (Wildman–Crippen MR) is 99.9 cm³/mol. The summed E-state index contributed by atoms with van der Waals surface area (Å²) in [5, 5.41) is 1.00. The number of fused-ring (bicyclic) bond motifs is 1.